The van der Waals surface area contributed by atoms with Gasteiger partial charge in [-0.25, -0.2) is 0 Å². The summed E-state index contributed by atoms with van der Waals surface area (Å²) in [6.45, 7) is 10.8. The van der Waals surface area contributed by atoms with E-state index in [2.05, 4.69) is 72.0 Å². The maximum Gasteiger partial charge on any atom is 0.237 e. The van der Waals surface area contributed by atoms with Crippen LogP contribution in [0.15, 0.2) is 42.5 Å². The van der Waals surface area contributed by atoms with Crippen LogP contribution in [0.5, 0.6) is 0 Å². The summed E-state index contributed by atoms with van der Waals surface area (Å²) in [5, 5.41) is 5.18. The molecule has 28 heavy (non-hydrogen) atoms. The Kier molecular flexibility index (Phi) is 6.62. The summed E-state index contributed by atoms with van der Waals surface area (Å²) in [6.07, 6.45) is 0. The highest BCUT2D eigenvalue weighted by atomic mass is 32.2. The fourth-order valence-electron chi connectivity index (χ4n) is 3.48. The standard InChI is InChI=1S/C22H27N3OS2/c1-5-24(6-2)22(27)28-15(4)21(26)23-16-12-13-20-18(14-16)17-10-8-9-11-19(17)25(20)7-3/h8-15H,5-7H2,1-4H3,(H,23,26). The number of thioether (sulfide) groups is 1. The Morgan fingerprint density at radius 1 is 1.11 bits per heavy atom. The maximum absolute atomic E-state index is 12.7. The van der Waals surface area contributed by atoms with Crippen LogP contribution in [0.4, 0.5) is 5.69 Å². The molecule has 6 heteroatoms. The molecule has 148 valence electrons. The number of nitrogens with one attached hydrogen (secondary N) is 1. The van der Waals surface area contributed by atoms with Gasteiger partial charge in [-0.15, -0.1) is 0 Å². The van der Waals surface area contributed by atoms with Crippen molar-refractivity contribution in [1.29, 1.82) is 0 Å². The number of hydrogen-bond acceptors (Lipinski definition) is 3. The number of para-hydroxylation sites is 1. The van der Waals surface area contributed by atoms with Crippen molar-refractivity contribution in [3.05, 3.63) is 42.5 Å². The fourth-order valence-corrected chi connectivity index (χ4v) is 5.04. The Balaban J connectivity index is 1.82. The lowest BCUT2D eigenvalue weighted by Gasteiger charge is -2.22. The average Bonchev–Trinajstić information content (AvgIpc) is 3.02. The molecule has 3 aromatic rings. The molecule has 0 saturated heterocycles. The van der Waals surface area contributed by atoms with Crippen molar-refractivity contribution in [1.82, 2.24) is 9.47 Å². The Morgan fingerprint density at radius 3 is 2.46 bits per heavy atom. The van der Waals surface area contributed by atoms with E-state index in [1.807, 2.05) is 13.0 Å². The number of rotatable bonds is 6. The molecule has 0 aliphatic heterocycles. The van der Waals surface area contributed by atoms with E-state index in [9.17, 15) is 4.79 Å². The molecule has 1 amide bonds. The lowest BCUT2D eigenvalue weighted by molar-refractivity contribution is -0.115. The van der Waals surface area contributed by atoms with Gasteiger partial charge < -0.3 is 14.8 Å². The fraction of sp³-hybridized carbons (Fsp3) is 0.364. The van der Waals surface area contributed by atoms with Crippen molar-refractivity contribution < 1.29 is 4.79 Å². The molecule has 0 radical (unpaired) electrons. The lowest BCUT2D eigenvalue weighted by atomic mass is 10.1. The first-order chi connectivity index (χ1) is 13.5. The average molecular weight is 414 g/mol. The van der Waals surface area contributed by atoms with E-state index in [1.54, 1.807) is 0 Å². The molecular formula is C22H27N3OS2. The molecule has 0 fully saturated rings. The summed E-state index contributed by atoms with van der Waals surface area (Å²) >= 11 is 6.91. The van der Waals surface area contributed by atoms with E-state index < -0.39 is 0 Å². The van der Waals surface area contributed by atoms with E-state index in [4.69, 9.17) is 12.2 Å². The summed E-state index contributed by atoms with van der Waals surface area (Å²) in [6, 6.07) is 14.5. The second-order valence-electron chi connectivity index (χ2n) is 6.68. The van der Waals surface area contributed by atoms with Gasteiger partial charge in [0.15, 0.2) is 0 Å². The molecule has 2 aromatic carbocycles. The number of hydrogen-bond donors (Lipinski definition) is 1. The Labute approximate surface area is 176 Å². The van der Waals surface area contributed by atoms with Crippen molar-refractivity contribution in [3.8, 4) is 0 Å². The zero-order valence-corrected chi connectivity index (χ0v) is 18.5. The zero-order valence-electron chi connectivity index (χ0n) is 16.9. The minimum absolute atomic E-state index is 0.0296. The van der Waals surface area contributed by atoms with Crippen LogP contribution in [0.2, 0.25) is 0 Å². The van der Waals surface area contributed by atoms with Gasteiger partial charge in [0.2, 0.25) is 5.91 Å². The predicted octanol–water partition coefficient (Wildman–Crippen LogP) is 5.50. The summed E-state index contributed by atoms with van der Waals surface area (Å²) in [4.78, 5) is 14.8. The molecule has 1 N–H and O–H groups in total. The Morgan fingerprint density at radius 2 is 1.79 bits per heavy atom. The van der Waals surface area contributed by atoms with Gasteiger partial charge in [-0.2, -0.15) is 0 Å². The predicted molar refractivity (Wildman–Crippen MR) is 126 cm³/mol. The van der Waals surface area contributed by atoms with Gasteiger partial charge in [-0.05, 0) is 52.0 Å². The number of aromatic nitrogens is 1. The van der Waals surface area contributed by atoms with Gasteiger partial charge >= 0.3 is 0 Å². The number of nitrogens with zero attached hydrogens (tertiary/aromatic N) is 2. The molecule has 0 saturated carbocycles. The molecule has 1 heterocycles. The third kappa shape index (κ3) is 4.03. The smallest absolute Gasteiger partial charge is 0.237 e. The van der Waals surface area contributed by atoms with Crippen LogP contribution in [-0.4, -0.2) is 38.0 Å². The van der Waals surface area contributed by atoms with Crippen molar-refractivity contribution in [2.75, 3.05) is 18.4 Å². The number of benzene rings is 2. The van der Waals surface area contributed by atoms with Crippen molar-refractivity contribution in [3.63, 3.8) is 0 Å². The molecule has 0 bridgehead atoms. The van der Waals surface area contributed by atoms with Gasteiger partial charge in [0, 0.05) is 47.1 Å². The molecule has 3 rings (SSSR count). The molecule has 1 unspecified atom stereocenters. The molecule has 0 spiro atoms. The first kappa shape index (κ1) is 20.7. The molecule has 4 nitrogen and oxygen atoms in total. The normalized spacial score (nSPS) is 12.3. The topological polar surface area (TPSA) is 37.3 Å². The first-order valence-electron chi connectivity index (χ1n) is 9.77. The van der Waals surface area contributed by atoms with Crippen LogP contribution < -0.4 is 5.32 Å². The first-order valence-corrected chi connectivity index (χ1v) is 11.1. The quantitative estimate of drug-likeness (QED) is 0.541. The van der Waals surface area contributed by atoms with Gasteiger partial charge in [-0.3, -0.25) is 4.79 Å². The third-order valence-corrected chi connectivity index (χ3v) is 6.60. The molecule has 0 aliphatic carbocycles. The van der Waals surface area contributed by atoms with Gasteiger partial charge in [0.1, 0.15) is 4.32 Å². The van der Waals surface area contributed by atoms with E-state index in [0.717, 1.165) is 35.0 Å². The number of carbonyl (C=O) groups is 1. The highest BCUT2D eigenvalue weighted by molar-refractivity contribution is 8.23. The van der Waals surface area contributed by atoms with E-state index >= 15 is 0 Å². The molecule has 0 aliphatic rings. The minimum Gasteiger partial charge on any atom is -0.358 e. The van der Waals surface area contributed by atoms with Gasteiger partial charge in [0.25, 0.3) is 0 Å². The number of anilines is 1. The van der Waals surface area contributed by atoms with Crippen molar-refractivity contribution in [2.45, 2.75) is 39.5 Å². The lowest BCUT2D eigenvalue weighted by Crippen LogP contribution is -2.31. The largest absolute Gasteiger partial charge is 0.358 e. The van der Waals surface area contributed by atoms with Gasteiger partial charge in [0.05, 0.1) is 5.25 Å². The third-order valence-electron chi connectivity index (χ3n) is 5.02. The van der Waals surface area contributed by atoms with Crippen LogP contribution in [0.1, 0.15) is 27.7 Å². The van der Waals surface area contributed by atoms with E-state index in [-0.39, 0.29) is 11.2 Å². The maximum atomic E-state index is 12.7. The highest BCUT2D eigenvalue weighted by Gasteiger charge is 2.19. The molecular weight excluding hydrogens is 386 g/mol. The molecule has 1 aromatic heterocycles. The van der Waals surface area contributed by atoms with Crippen LogP contribution >= 0.6 is 24.0 Å². The number of amides is 1. The second-order valence-corrected chi connectivity index (χ2v) is 8.66. The SMILES string of the molecule is CCN(CC)C(=S)SC(C)C(=O)Nc1ccc2c(c1)c1ccccc1n2CC. The zero-order chi connectivity index (χ0) is 20.3. The summed E-state index contributed by atoms with van der Waals surface area (Å²) < 4.78 is 3.08. The monoisotopic (exact) mass is 413 g/mol. The number of aryl methyl sites for hydroxylation is 1. The van der Waals surface area contributed by atoms with E-state index in [1.165, 1.54) is 28.2 Å². The van der Waals surface area contributed by atoms with Crippen LogP contribution in [0.3, 0.4) is 0 Å². The van der Waals surface area contributed by atoms with Crippen molar-refractivity contribution >= 4 is 61.7 Å². The van der Waals surface area contributed by atoms with Crippen LogP contribution in [-0.2, 0) is 11.3 Å². The second kappa shape index (κ2) is 8.97. The van der Waals surface area contributed by atoms with Crippen LogP contribution in [0, 0.1) is 0 Å². The van der Waals surface area contributed by atoms with E-state index in [0.29, 0.717) is 0 Å². The summed E-state index contributed by atoms with van der Waals surface area (Å²) in [7, 11) is 0. The number of fused-ring (bicyclic) bond motifs is 3. The summed E-state index contributed by atoms with van der Waals surface area (Å²) in [5.74, 6) is -0.0296. The Hall–Kier alpha value is -2.05. The summed E-state index contributed by atoms with van der Waals surface area (Å²) in [5.41, 5.74) is 3.22. The van der Waals surface area contributed by atoms with Crippen LogP contribution in [0.25, 0.3) is 21.8 Å². The Bertz CT molecular complexity index is 1010. The van der Waals surface area contributed by atoms with Gasteiger partial charge in [-0.1, -0.05) is 42.2 Å². The molecule has 1 atom stereocenters. The number of carbonyl (C=O) groups excluding carboxylic acids is 1. The minimum atomic E-state index is -0.249. The van der Waals surface area contributed by atoms with Crippen molar-refractivity contribution in [2.24, 2.45) is 0 Å². The number of thiocarbonyl (C=S) groups is 1. The highest BCUT2D eigenvalue weighted by Crippen LogP contribution is 2.31.